The van der Waals surface area contributed by atoms with Crippen LogP contribution in [-0.4, -0.2) is 23.7 Å². The fourth-order valence-electron chi connectivity index (χ4n) is 1.22. The molecule has 0 bridgehead atoms. The van der Waals surface area contributed by atoms with E-state index in [9.17, 15) is 0 Å². The number of hydrogen-bond donors (Lipinski definition) is 1. The Morgan fingerprint density at radius 1 is 1.53 bits per heavy atom. The van der Waals surface area contributed by atoms with Gasteiger partial charge in [0, 0.05) is 18.5 Å². The topological polar surface area (TPSA) is 41.6 Å². The molecule has 2 N–H and O–H groups in total. The van der Waals surface area contributed by atoms with Crippen molar-refractivity contribution in [3.05, 3.63) is 23.7 Å². The van der Waals surface area contributed by atoms with Gasteiger partial charge in [-0.2, -0.15) is 0 Å². The Balaban J connectivity index is 0.000000921. The van der Waals surface area contributed by atoms with Gasteiger partial charge in [0.05, 0.1) is 17.9 Å². The normalized spacial score (nSPS) is 15.7. The fourth-order valence-corrected chi connectivity index (χ4v) is 1.22. The van der Waals surface area contributed by atoms with Gasteiger partial charge in [0.15, 0.2) is 0 Å². The molecule has 1 aliphatic heterocycles. The van der Waals surface area contributed by atoms with Crippen LogP contribution in [0.15, 0.2) is 28.7 Å². The first-order valence-corrected chi connectivity index (χ1v) is 4.89. The van der Waals surface area contributed by atoms with Gasteiger partial charge in [-0.1, -0.05) is 0 Å². The van der Waals surface area contributed by atoms with E-state index in [1.807, 2.05) is 19.2 Å². The number of hydrogen-bond acceptors (Lipinski definition) is 3. The Labute approximate surface area is 92.4 Å². The third-order valence-corrected chi connectivity index (χ3v) is 2.06. The minimum atomic E-state index is 0.492. The molecular formula is C12H19N3. The zero-order valence-electron chi connectivity index (χ0n) is 9.64. The molecule has 0 radical (unpaired) electrons. The van der Waals surface area contributed by atoms with E-state index in [-0.39, 0.29) is 0 Å². The Morgan fingerprint density at radius 3 is 2.60 bits per heavy atom. The van der Waals surface area contributed by atoms with Crippen LogP contribution in [0.2, 0.25) is 0 Å². The summed E-state index contributed by atoms with van der Waals surface area (Å²) in [5.41, 5.74) is 7.51. The lowest BCUT2D eigenvalue weighted by Crippen LogP contribution is -2.30. The molecule has 0 aromatic heterocycles. The third-order valence-electron chi connectivity index (χ3n) is 2.06. The second-order valence-electron chi connectivity index (χ2n) is 3.37. The van der Waals surface area contributed by atoms with Gasteiger partial charge in [0.2, 0.25) is 0 Å². The molecule has 82 valence electrons. The van der Waals surface area contributed by atoms with Crippen LogP contribution in [0.25, 0.3) is 0 Å². The summed E-state index contributed by atoms with van der Waals surface area (Å²) >= 11 is 0. The standard InChI is InChI=1S/C10H17N3.C2H2/c1-4-12-10-7-13(8(2)3)6-5-9(10)11;1-2/h4-6,8H,7,11H2,1-3H3;1-2H. The number of allylic oxidation sites excluding steroid dienone is 1. The highest BCUT2D eigenvalue weighted by molar-refractivity contribution is 5.56. The molecule has 15 heavy (non-hydrogen) atoms. The van der Waals surface area contributed by atoms with Crippen LogP contribution in [0.5, 0.6) is 0 Å². The van der Waals surface area contributed by atoms with Gasteiger partial charge in [0.25, 0.3) is 0 Å². The van der Waals surface area contributed by atoms with Crippen LogP contribution in [0, 0.1) is 12.8 Å². The van der Waals surface area contributed by atoms with Crippen molar-refractivity contribution in [3.63, 3.8) is 0 Å². The highest BCUT2D eigenvalue weighted by atomic mass is 15.1. The molecule has 0 fully saturated rings. The molecule has 0 aromatic rings. The van der Waals surface area contributed by atoms with Crippen LogP contribution >= 0.6 is 0 Å². The zero-order valence-corrected chi connectivity index (χ0v) is 9.64. The first-order chi connectivity index (χ1) is 7.15. The van der Waals surface area contributed by atoms with E-state index < -0.39 is 0 Å². The van der Waals surface area contributed by atoms with E-state index in [4.69, 9.17) is 5.73 Å². The lowest BCUT2D eigenvalue weighted by atomic mass is 10.2. The Morgan fingerprint density at radius 2 is 2.13 bits per heavy atom. The van der Waals surface area contributed by atoms with Gasteiger partial charge in [0.1, 0.15) is 0 Å². The minimum absolute atomic E-state index is 0.492. The summed E-state index contributed by atoms with van der Waals surface area (Å²) in [4.78, 5) is 6.44. The first kappa shape index (κ1) is 13.3. The summed E-state index contributed by atoms with van der Waals surface area (Å²) in [6, 6.07) is 0.492. The number of nitrogens with two attached hydrogens (primary N) is 1. The van der Waals surface area contributed by atoms with Crippen molar-refractivity contribution in [1.29, 1.82) is 0 Å². The van der Waals surface area contributed by atoms with Gasteiger partial charge < -0.3 is 10.6 Å². The quantitative estimate of drug-likeness (QED) is 0.551. The van der Waals surface area contributed by atoms with Crippen LogP contribution in [0.1, 0.15) is 20.8 Å². The van der Waals surface area contributed by atoms with Gasteiger partial charge in [-0.3, -0.25) is 4.99 Å². The second-order valence-corrected chi connectivity index (χ2v) is 3.37. The minimum Gasteiger partial charge on any atom is -0.397 e. The first-order valence-electron chi connectivity index (χ1n) is 4.89. The van der Waals surface area contributed by atoms with E-state index in [2.05, 4.69) is 36.6 Å². The molecule has 0 aromatic carbocycles. The molecule has 3 heteroatoms. The summed E-state index contributed by atoms with van der Waals surface area (Å²) < 4.78 is 0. The van der Waals surface area contributed by atoms with Crippen LogP contribution in [-0.2, 0) is 0 Å². The van der Waals surface area contributed by atoms with Gasteiger partial charge >= 0.3 is 0 Å². The number of terminal acetylenes is 1. The summed E-state index contributed by atoms with van der Waals surface area (Å²) in [5, 5.41) is 0. The summed E-state index contributed by atoms with van der Waals surface area (Å²) in [6.07, 6.45) is 13.7. The number of nitrogens with zero attached hydrogens (tertiary/aromatic N) is 2. The van der Waals surface area contributed by atoms with Crippen molar-refractivity contribution in [2.24, 2.45) is 10.7 Å². The molecule has 3 nitrogen and oxygen atoms in total. The van der Waals surface area contributed by atoms with Crippen molar-refractivity contribution in [2.75, 3.05) is 6.54 Å². The molecular weight excluding hydrogens is 186 g/mol. The van der Waals surface area contributed by atoms with Crippen molar-refractivity contribution >= 4 is 6.21 Å². The maximum atomic E-state index is 5.78. The monoisotopic (exact) mass is 205 g/mol. The van der Waals surface area contributed by atoms with E-state index in [0.29, 0.717) is 6.04 Å². The van der Waals surface area contributed by atoms with Crippen LogP contribution in [0.3, 0.4) is 0 Å². The van der Waals surface area contributed by atoms with E-state index >= 15 is 0 Å². The van der Waals surface area contributed by atoms with Crippen LogP contribution < -0.4 is 5.73 Å². The van der Waals surface area contributed by atoms with Crippen molar-refractivity contribution < 1.29 is 0 Å². The van der Waals surface area contributed by atoms with E-state index in [1.165, 1.54) is 0 Å². The van der Waals surface area contributed by atoms with E-state index in [0.717, 1.165) is 17.9 Å². The average molecular weight is 205 g/mol. The van der Waals surface area contributed by atoms with Gasteiger partial charge in [-0.15, -0.1) is 12.8 Å². The largest absolute Gasteiger partial charge is 0.397 e. The third kappa shape index (κ3) is 3.90. The number of rotatable bonds is 2. The molecule has 0 unspecified atom stereocenters. The molecule has 0 amide bonds. The lowest BCUT2D eigenvalue weighted by Gasteiger charge is -2.28. The van der Waals surface area contributed by atoms with E-state index in [1.54, 1.807) is 6.21 Å². The van der Waals surface area contributed by atoms with Gasteiger partial charge in [-0.25, -0.2) is 0 Å². The fraction of sp³-hybridized carbons (Fsp3) is 0.417. The molecule has 0 saturated heterocycles. The molecule has 1 aliphatic rings. The molecule has 1 rings (SSSR count). The van der Waals surface area contributed by atoms with Crippen molar-refractivity contribution in [3.8, 4) is 12.8 Å². The predicted molar refractivity (Wildman–Crippen MR) is 66.3 cm³/mol. The average Bonchev–Trinajstić information content (AvgIpc) is 2.24. The zero-order chi connectivity index (χ0) is 11.8. The molecule has 0 saturated carbocycles. The smallest absolute Gasteiger partial charge is 0.0822 e. The maximum absolute atomic E-state index is 5.78. The summed E-state index contributed by atoms with van der Waals surface area (Å²) in [6.45, 7) is 7.01. The second kappa shape index (κ2) is 6.72. The summed E-state index contributed by atoms with van der Waals surface area (Å²) in [7, 11) is 0. The number of aliphatic imine (C=N–C) groups is 1. The van der Waals surface area contributed by atoms with Gasteiger partial charge in [-0.05, 0) is 26.8 Å². The van der Waals surface area contributed by atoms with Crippen LogP contribution in [0.4, 0.5) is 0 Å². The SMILES string of the molecule is C#C.CC=NC1=C(N)C=CN(C(C)C)C1. The molecule has 0 aliphatic carbocycles. The highest BCUT2D eigenvalue weighted by Gasteiger charge is 2.12. The van der Waals surface area contributed by atoms with Crippen molar-refractivity contribution in [1.82, 2.24) is 4.90 Å². The lowest BCUT2D eigenvalue weighted by molar-refractivity contribution is 0.329. The highest BCUT2D eigenvalue weighted by Crippen LogP contribution is 2.14. The Bertz CT molecular complexity index is 295. The molecule has 0 spiro atoms. The Hall–Kier alpha value is -1.69. The summed E-state index contributed by atoms with van der Waals surface area (Å²) in [5.74, 6) is 0. The maximum Gasteiger partial charge on any atom is 0.0822 e. The molecule has 1 heterocycles. The molecule has 0 atom stereocenters. The predicted octanol–water partition coefficient (Wildman–Crippen LogP) is 1.73. The van der Waals surface area contributed by atoms with Crippen molar-refractivity contribution in [2.45, 2.75) is 26.8 Å². The Kier molecular flexibility index (Phi) is 5.96.